The third kappa shape index (κ3) is 4.92. The Kier molecular flexibility index (Phi) is 7.03. The molecule has 31 heavy (non-hydrogen) atoms. The molecule has 162 valence electrons. The smallest absolute Gasteiger partial charge is 0.253 e. The van der Waals surface area contributed by atoms with E-state index < -0.39 is 11.9 Å². The number of pyridine rings is 1. The lowest BCUT2D eigenvalue weighted by molar-refractivity contribution is 0.0802. The minimum absolute atomic E-state index is 0.0498. The summed E-state index contributed by atoms with van der Waals surface area (Å²) in [6, 6.07) is 11.5. The van der Waals surface area contributed by atoms with Gasteiger partial charge in [-0.3, -0.25) is 4.79 Å². The number of amides is 1. The lowest BCUT2D eigenvalue weighted by Gasteiger charge is -2.19. The summed E-state index contributed by atoms with van der Waals surface area (Å²) >= 11 is 12.3. The summed E-state index contributed by atoms with van der Waals surface area (Å²) in [5.74, 6) is -0.145. The maximum absolute atomic E-state index is 13.9. The summed E-state index contributed by atoms with van der Waals surface area (Å²) in [5.41, 5.74) is 8.49. The lowest BCUT2D eigenvalue weighted by atomic mass is 10.0. The van der Waals surface area contributed by atoms with E-state index in [1.165, 1.54) is 12.1 Å². The highest BCUT2D eigenvalue weighted by atomic mass is 35.5. The average Bonchev–Trinajstić information content (AvgIpc) is 2.77. The van der Waals surface area contributed by atoms with E-state index in [4.69, 9.17) is 33.7 Å². The molecule has 0 saturated heterocycles. The highest BCUT2D eigenvalue weighted by Crippen LogP contribution is 2.37. The molecule has 0 radical (unpaired) electrons. The predicted octanol–water partition coefficient (Wildman–Crippen LogP) is 6.01. The van der Waals surface area contributed by atoms with Crippen molar-refractivity contribution in [3.05, 3.63) is 75.7 Å². The molecule has 0 aliphatic carbocycles. The number of halogens is 3. The minimum Gasteiger partial charge on any atom is -0.482 e. The Balaban J connectivity index is 1.87. The number of carbonyl (C=O) groups excluding carboxylic acids is 1. The van der Waals surface area contributed by atoms with E-state index in [0.717, 1.165) is 11.1 Å². The second-order valence-corrected chi connectivity index (χ2v) is 7.81. The fraction of sp³-hybridized carbons (Fsp3) is 0.217. The molecule has 0 aliphatic rings. The fourth-order valence-electron chi connectivity index (χ4n) is 3.04. The highest BCUT2D eigenvalue weighted by Gasteiger charge is 2.20. The Morgan fingerprint density at radius 3 is 2.52 bits per heavy atom. The van der Waals surface area contributed by atoms with Gasteiger partial charge in [-0.1, -0.05) is 35.3 Å². The summed E-state index contributed by atoms with van der Waals surface area (Å²) < 4.78 is 19.8. The van der Waals surface area contributed by atoms with E-state index in [-0.39, 0.29) is 16.7 Å². The third-order valence-corrected chi connectivity index (χ3v) is 5.67. The zero-order valence-corrected chi connectivity index (χ0v) is 18.8. The first-order valence-corrected chi connectivity index (χ1v) is 10.4. The van der Waals surface area contributed by atoms with Crippen LogP contribution in [0.15, 0.2) is 48.7 Å². The molecule has 3 aromatic rings. The third-order valence-electron chi connectivity index (χ3n) is 4.96. The molecule has 8 heteroatoms. The van der Waals surface area contributed by atoms with Gasteiger partial charge in [0.25, 0.3) is 5.91 Å². The largest absolute Gasteiger partial charge is 0.482 e. The van der Waals surface area contributed by atoms with Crippen molar-refractivity contribution in [1.82, 2.24) is 9.88 Å². The van der Waals surface area contributed by atoms with E-state index in [0.29, 0.717) is 28.4 Å². The van der Waals surface area contributed by atoms with Gasteiger partial charge in [-0.05, 0) is 49.7 Å². The zero-order valence-electron chi connectivity index (χ0n) is 17.3. The molecule has 0 aliphatic heterocycles. The first-order chi connectivity index (χ1) is 14.7. The van der Waals surface area contributed by atoms with E-state index >= 15 is 0 Å². The number of nitrogens with zero attached hydrogens (tertiary/aromatic N) is 2. The van der Waals surface area contributed by atoms with Crippen molar-refractivity contribution in [3.8, 4) is 16.9 Å². The SMILES string of the molecule is CCN(C)C(=O)c1ccc(-c2cnc(N)c(OC(C)c3c(Cl)ccc(F)c3Cl)c2)cc1. The molecular weight excluding hydrogens is 440 g/mol. The van der Waals surface area contributed by atoms with E-state index in [1.54, 1.807) is 43.3 Å². The van der Waals surface area contributed by atoms with Crippen LogP contribution in [0.25, 0.3) is 11.1 Å². The number of ether oxygens (including phenoxy) is 1. The Morgan fingerprint density at radius 1 is 1.19 bits per heavy atom. The van der Waals surface area contributed by atoms with Crippen LogP contribution in [0.1, 0.15) is 35.9 Å². The standard InChI is InChI=1S/C23H22Cl2FN3O2/c1-4-29(3)23(30)15-7-5-14(6-8-15)16-11-19(22(27)28-12-16)31-13(2)20-17(24)9-10-18(26)21(20)25/h5-13H,4H2,1-3H3,(H2,27,28). The van der Waals surface area contributed by atoms with Gasteiger partial charge in [0, 0.05) is 41.5 Å². The molecule has 2 aromatic carbocycles. The topological polar surface area (TPSA) is 68.5 Å². The van der Waals surface area contributed by atoms with Gasteiger partial charge in [0.1, 0.15) is 11.9 Å². The summed E-state index contributed by atoms with van der Waals surface area (Å²) in [7, 11) is 1.75. The van der Waals surface area contributed by atoms with Gasteiger partial charge in [0.05, 0.1) is 5.02 Å². The number of nitrogens with two attached hydrogens (primary N) is 1. The van der Waals surface area contributed by atoms with Crippen LogP contribution in [0.3, 0.4) is 0 Å². The number of hydrogen-bond donors (Lipinski definition) is 1. The van der Waals surface area contributed by atoms with E-state index in [2.05, 4.69) is 4.98 Å². The molecule has 2 N–H and O–H groups in total. The molecule has 0 saturated carbocycles. The average molecular weight is 462 g/mol. The molecule has 0 spiro atoms. The van der Waals surface area contributed by atoms with Gasteiger partial charge in [-0.25, -0.2) is 9.37 Å². The van der Waals surface area contributed by atoms with E-state index in [1.807, 2.05) is 19.1 Å². The van der Waals surface area contributed by atoms with Gasteiger partial charge in [-0.15, -0.1) is 0 Å². The first kappa shape index (κ1) is 22.8. The molecule has 0 fully saturated rings. The van der Waals surface area contributed by atoms with Crippen LogP contribution in [0.2, 0.25) is 10.0 Å². The van der Waals surface area contributed by atoms with Crippen LogP contribution >= 0.6 is 23.2 Å². The van der Waals surface area contributed by atoms with Gasteiger partial charge in [-0.2, -0.15) is 0 Å². The van der Waals surface area contributed by atoms with Crippen molar-refractivity contribution in [3.63, 3.8) is 0 Å². The number of nitrogen functional groups attached to an aromatic ring is 1. The van der Waals surface area contributed by atoms with Crippen molar-refractivity contribution in [2.24, 2.45) is 0 Å². The molecular formula is C23H22Cl2FN3O2. The number of anilines is 1. The number of rotatable bonds is 6. The maximum atomic E-state index is 13.9. The quantitative estimate of drug-likeness (QED) is 0.456. The number of benzene rings is 2. The Bertz CT molecular complexity index is 1110. The fourth-order valence-corrected chi connectivity index (χ4v) is 3.72. The second kappa shape index (κ2) is 9.54. The van der Waals surface area contributed by atoms with Gasteiger partial charge in [0.2, 0.25) is 0 Å². The zero-order chi connectivity index (χ0) is 22.7. The highest BCUT2D eigenvalue weighted by molar-refractivity contribution is 6.36. The van der Waals surface area contributed by atoms with Crippen LogP contribution in [-0.2, 0) is 0 Å². The monoisotopic (exact) mass is 461 g/mol. The summed E-state index contributed by atoms with van der Waals surface area (Å²) in [6.07, 6.45) is 0.948. The van der Waals surface area contributed by atoms with Gasteiger partial charge in [0.15, 0.2) is 11.6 Å². The molecule has 1 amide bonds. The Labute approximate surface area is 190 Å². The van der Waals surface area contributed by atoms with Crippen LogP contribution in [0.5, 0.6) is 5.75 Å². The number of carbonyl (C=O) groups is 1. The van der Waals surface area contributed by atoms with Crippen LogP contribution in [0, 0.1) is 5.82 Å². The summed E-state index contributed by atoms with van der Waals surface area (Å²) in [5, 5.41) is 0.193. The minimum atomic E-state index is -0.667. The molecule has 1 atom stereocenters. The molecule has 0 bridgehead atoms. The maximum Gasteiger partial charge on any atom is 0.253 e. The normalized spacial score (nSPS) is 11.8. The van der Waals surface area contributed by atoms with Crippen molar-refractivity contribution in [1.29, 1.82) is 0 Å². The number of hydrogen-bond acceptors (Lipinski definition) is 4. The van der Waals surface area contributed by atoms with Crippen LogP contribution in [0.4, 0.5) is 10.2 Å². The molecule has 3 rings (SSSR count). The molecule has 1 heterocycles. The van der Waals surface area contributed by atoms with Crippen molar-refractivity contribution >= 4 is 34.9 Å². The second-order valence-electron chi connectivity index (χ2n) is 7.02. The molecule has 1 unspecified atom stereocenters. The Morgan fingerprint density at radius 2 is 1.87 bits per heavy atom. The summed E-state index contributed by atoms with van der Waals surface area (Å²) in [6.45, 7) is 4.24. The van der Waals surface area contributed by atoms with Crippen molar-refractivity contribution < 1.29 is 13.9 Å². The molecule has 5 nitrogen and oxygen atoms in total. The van der Waals surface area contributed by atoms with Crippen LogP contribution in [-0.4, -0.2) is 29.4 Å². The Hall–Kier alpha value is -2.83. The summed E-state index contributed by atoms with van der Waals surface area (Å²) in [4.78, 5) is 18.1. The van der Waals surface area contributed by atoms with E-state index in [9.17, 15) is 9.18 Å². The molecule has 1 aromatic heterocycles. The van der Waals surface area contributed by atoms with Crippen molar-refractivity contribution in [2.45, 2.75) is 20.0 Å². The van der Waals surface area contributed by atoms with Gasteiger partial charge < -0.3 is 15.4 Å². The van der Waals surface area contributed by atoms with Crippen molar-refractivity contribution in [2.75, 3.05) is 19.3 Å². The first-order valence-electron chi connectivity index (χ1n) is 9.64. The predicted molar refractivity (Wildman–Crippen MR) is 122 cm³/mol. The number of aromatic nitrogens is 1. The van der Waals surface area contributed by atoms with Gasteiger partial charge >= 0.3 is 0 Å². The van der Waals surface area contributed by atoms with Crippen LogP contribution < -0.4 is 10.5 Å². The lowest BCUT2D eigenvalue weighted by Crippen LogP contribution is -2.26.